The molecule has 3 aromatic carbocycles. The molecule has 8 heteroatoms. The van der Waals surface area contributed by atoms with Crippen molar-refractivity contribution in [3.05, 3.63) is 100 Å². The molecule has 5 aromatic rings. The van der Waals surface area contributed by atoms with E-state index in [4.69, 9.17) is 0 Å². The summed E-state index contributed by atoms with van der Waals surface area (Å²) in [4.78, 5) is 28.4. The smallest absolute Gasteiger partial charge is 0.263 e. The highest BCUT2D eigenvalue weighted by molar-refractivity contribution is 7.99. The largest absolute Gasteiger partial charge is 0.311 e. The fraction of sp³-hybridized carbons (Fsp3) is 0.185. The van der Waals surface area contributed by atoms with Crippen LogP contribution < -0.4 is 10.5 Å². The van der Waals surface area contributed by atoms with Crippen LogP contribution in [-0.4, -0.2) is 37.4 Å². The number of amides is 1. The molecule has 0 fully saturated rings. The summed E-state index contributed by atoms with van der Waals surface area (Å²) in [6, 6.07) is 25.4. The Labute approximate surface area is 206 Å². The molecule has 1 aliphatic heterocycles. The molecule has 2 aromatic heterocycles. The lowest BCUT2D eigenvalue weighted by Crippen LogP contribution is -2.36. The molecule has 0 saturated heterocycles. The van der Waals surface area contributed by atoms with Gasteiger partial charge in [-0.05, 0) is 42.2 Å². The van der Waals surface area contributed by atoms with Crippen molar-refractivity contribution in [1.29, 1.82) is 0 Å². The number of rotatable bonds is 5. The van der Waals surface area contributed by atoms with Crippen LogP contribution in [0.1, 0.15) is 17.5 Å². The molecule has 6 rings (SSSR count). The number of benzene rings is 3. The van der Waals surface area contributed by atoms with Crippen LogP contribution in [0.25, 0.3) is 16.7 Å². The van der Waals surface area contributed by atoms with E-state index >= 15 is 0 Å². The van der Waals surface area contributed by atoms with Crippen molar-refractivity contribution < 1.29 is 4.79 Å². The molecule has 7 nitrogen and oxygen atoms in total. The molecule has 0 atom stereocenters. The number of aryl methyl sites for hydroxylation is 1. The summed E-state index contributed by atoms with van der Waals surface area (Å²) >= 11 is 1.35. The Bertz CT molecular complexity index is 1610. The van der Waals surface area contributed by atoms with E-state index in [9.17, 15) is 9.59 Å². The van der Waals surface area contributed by atoms with Gasteiger partial charge in [0.05, 0.1) is 23.2 Å². The molecule has 0 bridgehead atoms. The van der Waals surface area contributed by atoms with Crippen LogP contribution in [0.4, 0.5) is 5.69 Å². The molecule has 174 valence electrons. The number of aromatic nitrogens is 4. The van der Waals surface area contributed by atoms with E-state index in [1.807, 2.05) is 82.1 Å². The quantitative estimate of drug-likeness (QED) is 0.353. The molecule has 0 radical (unpaired) electrons. The summed E-state index contributed by atoms with van der Waals surface area (Å²) in [7, 11) is 0. The lowest BCUT2D eigenvalue weighted by atomic mass is 10.0. The summed E-state index contributed by atoms with van der Waals surface area (Å²) < 4.78 is 3.54. The first kappa shape index (κ1) is 21.6. The van der Waals surface area contributed by atoms with Crippen molar-refractivity contribution in [2.75, 3.05) is 17.2 Å². The van der Waals surface area contributed by atoms with E-state index < -0.39 is 0 Å². The van der Waals surface area contributed by atoms with Crippen LogP contribution in [0.3, 0.4) is 0 Å². The van der Waals surface area contributed by atoms with Gasteiger partial charge >= 0.3 is 0 Å². The van der Waals surface area contributed by atoms with Gasteiger partial charge in [0.15, 0.2) is 5.16 Å². The van der Waals surface area contributed by atoms with Crippen LogP contribution in [0.5, 0.6) is 0 Å². The van der Waals surface area contributed by atoms with Crippen LogP contribution >= 0.6 is 11.8 Å². The lowest BCUT2D eigenvalue weighted by Gasteiger charge is -2.29. The highest BCUT2D eigenvalue weighted by Crippen LogP contribution is 2.28. The highest BCUT2D eigenvalue weighted by Gasteiger charge is 2.23. The van der Waals surface area contributed by atoms with E-state index in [0.29, 0.717) is 22.9 Å². The Morgan fingerprint density at radius 1 is 0.914 bits per heavy atom. The second-order valence-corrected chi connectivity index (χ2v) is 9.52. The molecule has 0 N–H and O–H groups in total. The standard InChI is InChI=1S/C27H23N5O2S/c33-24(30-16-8-12-20-11-4-6-14-22(20)30)18-35-27-29-28-26-31(17-19-9-2-1-3-10-19)25(34)21-13-5-7-15-23(21)32(26)27/h1-7,9-11,13-15H,8,12,16-18H2. The number of fused-ring (bicyclic) bond motifs is 4. The predicted octanol–water partition coefficient (Wildman–Crippen LogP) is 4.16. The number of carbonyl (C=O) groups is 1. The van der Waals surface area contributed by atoms with Gasteiger partial charge in [-0.2, -0.15) is 0 Å². The summed E-state index contributed by atoms with van der Waals surface area (Å²) in [5.41, 5.74) is 3.84. The minimum absolute atomic E-state index is 0.0424. The molecule has 1 amide bonds. The topological polar surface area (TPSA) is 72.5 Å². The Morgan fingerprint density at radius 3 is 2.57 bits per heavy atom. The number of carbonyl (C=O) groups excluding carboxylic acids is 1. The fourth-order valence-corrected chi connectivity index (χ4v) is 5.55. The van der Waals surface area contributed by atoms with Gasteiger partial charge in [-0.15, -0.1) is 10.2 Å². The number of thioether (sulfide) groups is 1. The van der Waals surface area contributed by atoms with Gasteiger partial charge in [0.1, 0.15) is 0 Å². The van der Waals surface area contributed by atoms with Gasteiger partial charge in [0, 0.05) is 12.2 Å². The molecular formula is C27H23N5O2S. The highest BCUT2D eigenvalue weighted by atomic mass is 32.2. The molecule has 0 saturated carbocycles. The third kappa shape index (κ3) is 3.89. The maximum absolute atomic E-state index is 13.4. The number of hydrogen-bond acceptors (Lipinski definition) is 5. The van der Waals surface area contributed by atoms with Crippen molar-refractivity contribution in [3.63, 3.8) is 0 Å². The summed E-state index contributed by atoms with van der Waals surface area (Å²) in [5, 5.41) is 9.96. The average molecular weight is 482 g/mol. The molecular weight excluding hydrogens is 458 g/mol. The van der Waals surface area contributed by atoms with Crippen LogP contribution in [0.2, 0.25) is 0 Å². The minimum atomic E-state index is -0.109. The zero-order valence-corrected chi connectivity index (χ0v) is 19.8. The van der Waals surface area contributed by atoms with Crippen molar-refractivity contribution in [2.45, 2.75) is 24.5 Å². The van der Waals surface area contributed by atoms with Crippen molar-refractivity contribution >= 4 is 40.0 Å². The Hall–Kier alpha value is -3.91. The third-order valence-corrected chi connectivity index (χ3v) is 7.31. The maximum Gasteiger partial charge on any atom is 0.263 e. The minimum Gasteiger partial charge on any atom is -0.311 e. The van der Waals surface area contributed by atoms with Gasteiger partial charge in [0.2, 0.25) is 11.7 Å². The molecule has 0 unspecified atom stereocenters. The Kier molecular flexibility index (Phi) is 5.58. The van der Waals surface area contributed by atoms with E-state index in [2.05, 4.69) is 16.3 Å². The van der Waals surface area contributed by atoms with Crippen LogP contribution in [-0.2, 0) is 17.8 Å². The van der Waals surface area contributed by atoms with Gasteiger partial charge in [-0.1, -0.05) is 72.4 Å². The van der Waals surface area contributed by atoms with Gasteiger partial charge in [0.25, 0.3) is 5.56 Å². The van der Waals surface area contributed by atoms with Crippen LogP contribution in [0.15, 0.2) is 88.8 Å². The number of para-hydroxylation sites is 2. The zero-order chi connectivity index (χ0) is 23.8. The first-order valence-corrected chi connectivity index (χ1v) is 12.6. The monoisotopic (exact) mass is 481 g/mol. The first-order chi connectivity index (χ1) is 17.2. The summed E-state index contributed by atoms with van der Waals surface area (Å²) in [6.07, 6.45) is 1.95. The van der Waals surface area contributed by atoms with E-state index in [0.717, 1.165) is 36.2 Å². The van der Waals surface area contributed by atoms with Crippen molar-refractivity contribution in [3.8, 4) is 0 Å². The fourth-order valence-electron chi connectivity index (χ4n) is 4.73. The second kappa shape index (κ2) is 9.03. The Balaban J connectivity index is 1.37. The normalized spacial score (nSPS) is 13.3. The average Bonchev–Trinajstić information content (AvgIpc) is 3.34. The number of anilines is 1. The van der Waals surface area contributed by atoms with E-state index in [1.165, 1.54) is 17.3 Å². The van der Waals surface area contributed by atoms with Gasteiger partial charge in [-0.3, -0.25) is 18.6 Å². The molecule has 1 aliphatic rings. The lowest BCUT2D eigenvalue weighted by molar-refractivity contribution is -0.116. The SMILES string of the molecule is O=C(CSc1nnc2n(Cc3ccccc3)c(=O)c3ccccc3n12)N1CCCc2ccccc21. The molecule has 0 aliphatic carbocycles. The Morgan fingerprint density at radius 2 is 1.69 bits per heavy atom. The summed E-state index contributed by atoms with van der Waals surface area (Å²) in [6.45, 7) is 1.11. The predicted molar refractivity (Wildman–Crippen MR) is 138 cm³/mol. The van der Waals surface area contributed by atoms with Gasteiger partial charge < -0.3 is 4.90 Å². The van der Waals surface area contributed by atoms with E-state index in [-0.39, 0.29) is 17.2 Å². The van der Waals surface area contributed by atoms with Crippen molar-refractivity contribution in [2.24, 2.45) is 0 Å². The van der Waals surface area contributed by atoms with Gasteiger partial charge in [-0.25, -0.2) is 0 Å². The maximum atomic E-state index is 13.4. The van der Waals surface area contributed by atoms with Crippen LogP contribution in [0, 0.1) is 0 Å². The van der Waals surface area contributed by atoms with E-state index in [1.54, 1.807) is 4.57 Å². The number of hydrogen-bond donors (Lipinski definition) is 0. The molecule has 35 heavy (non-hydrogen) atoms. The second-order valence-electron chi connectivity index (χ2n) is 8.58. The zero-order valence-electron chi connectivity index (χ0n) is 19.0. The summed E-state index contributed by atoms with van der Waals surface area (Å²) in [5.74, 6) is 0.748. The first-order valence-electron chi connectivity index (χ1n) is 11.6. The molecule has 0 spiro atoms. The number of nitrogens with zero attached hydrogens (tertiary/aromatic N) is 5. The molecule has 3 heterocycles. The third-order valence-electron chi connectivity index (χ3n) is 6.40. The van der Waals surface area contributed by atoms with Crippen molar-refractivity contribution in [1.82, 2.24) is 19.2 Å².